The minimum absolute atomic E-state index is 0.118. The number of benzene rings is 1. The molecule has 4 heterocycles. The molecule has 0 radical (unpaired) electrons. The molecule has 0 spiro atoms. The van der Waals surface area contributed by atoms with Gasteiger partial charge in [-0.2, -0.15) is 0 Å². The monoisotopic (exact) mass is 421 g/mol. The SMILES string of the molecule is CC[C@@]1(O)C(=O)OCc2c1cc1n(c2=O)Cc2cc3cc(OCCCN)ccc3nc2-1. The molecule has 0 amide bonds. The number of rotatable bonds is 5. The molecule has 160 valence electrons. The average Bonchev–Trinajstić information content (AvgIpc) is 3.13. The first kappa shape index (κ1) is 19.7. The van der Waals surface area contributed by atoms with E-state index < -0.39 is 11.6 Å². The Labute approximate surface area is 178 Å². The third-order valence-corrected chi connectivity index (χ3v) is 6.10. The van der Waals surface area contributed by atoms with E-state index in [1.807, 2.05) is 24.3 Å². The Kier molecular flexibility index (Phi) is 4.56. The molecule has 3 aromatic rings. The van der Waals surface area contributed by atoms with E-state index in [1.165, 1.54) is 0 Å². The maximum absolute atomic E-state index is 13.2. The van der Waals surface area contributed by atoms with Gasteiger partial charge in [0.05, 0.1) is 35.6 Å². The van der Waals surface area contributed by atoms with Crippen molar-refractivity contribution in [2.24, 2.45) is 5.73 Å². The van der Waals surface area contributed by atoms with Gasteiger partial charge in [0.2, 0.25) is 0 Å². The van der Waals surface area contributed by atoms with Crippen LogP contribution in [-0.4, -0.2) is 33.8 Å². The lowest BCUT2D eigenvalue weighted by Gasteiger charge is -2.31. The summed E-state index contributed by atoms with van der Waals surface area (Å²) in [7, 11) is 0. The lowest BCUT2D eigenvalue weighted by molar-refractivity contribution is -0.172. The lowest BCUT2D eigenvalue weighted by Crippen LogP contribution is -2.44. The van der Waals surface area contributed by atoms with Gasteiger partial charge >= 0.3 is 5.97 Å². The Morgan fingerprint density at radius 3 is 2.90 bits per heavy atom. The largest absolute Gasteiger partial charge is 0.494 e. The zero-order valence-corrected chi connectivity index (χ0v) is 17.2. The van der Waals surface area contributed by atoms with Crippen LogP contribution in [0.15, 0.2) is 35.1 Å². The summed E-state index contributed by atoms with van der Waals surface area (Å²) in [4.78, 5) is 30.2. The number of ether oxygens (including phenoxy) is 2. The highest BCUT2D eigenvalue weighted by Crippen LogP contribution is 2.38. The molecule has 0 saturated heterocycles. The van der Waals surface area contributed by atoms with Gasteiger partial charge < -0.3 is 24.9 Å². The van der Waals surface area contributed by atoms with Crippen LogP contribution in [0.1, 0.15) is 36.5 Å². The number of esters is 1. The zero-order valence-electron chi connectivity index (χ0n) is 17.2. The molecule has 0 bridgehead atoms. The van der Waals surface area contributed by atoms with E-state index in [2.05, 4.69) is 0 Å². The first-order valence-electron chi connectivity index (χ1n) is 10.4. The van der Waals surface area contributed by atoms with E-state index >= 15 is 0 Å². The molecule has 2 aliphatic heterocycles. The normalized spacial score (nSPS) is 19.0. The molecule has 1 atom stereocenters. The summed E-state index contributed by atoms with van der Waals surface area (Å²) < 4.78 is 12.5. The van der Waals surface area contributed by atoms with Crippen molar-refractivity contribution in [1.29, 1.82) is 0 Å². The van der Waals surface area contributed by atoms with E-state index in [0.717, 1.165) is 28.6 Å². The Morgan fingerprint density at radius 2 is 2.13 bits per heavy atom. The average molecular weight is 421 g/mol. The first-order valence-corrected chi connectivity index (χ1v) is 10.4. The number of hydrogen-bond acceptors (Lipinski definition) is 7. The van der Waals surface area contributed by atoms with Crippen LogP contribution in [0, 0.1) is 0 Å². The highest BCUT2D eigenvalue weighted by atomic mass is 16.6. The molecular weight excluding hydrogens is 398 g/mol. The number of carbonyl (C=O) groups is 1. The Hall–Kier alpha value is -3.23. The molecule has 0 unspecified atom stereocenters. The minimum atomic E-state index is -1.82. The predicted octanol–water partition coefficient (Wildman–Crippen LogP) is 1.81. The number of aliphatic hydroxyl groups is 1. The van der Waals surface area contributed by atoms with E-state index in [-0.39, 0.29) is 18.6 Å². The minimum Gasteiger partial charge on any atom is -0.494 e. The molecule has 2 aromatic heterocycles. The van der Waals surface area contributed by atoms with Crippen LogP contribution in [-0.2, 0) is 28.3 Å². The highest BCUT2D eigenvalue weighted by Gasteiger charge is 2.45. The summed E-state index contributed by atoms with van der Waals surface area (Å²) in [5.41, 5.74) is 7.03. The van der Waals surface area contributed by atoms with Gasteiger partial charge in [-0.15, -0.1) is 0 Å². The molecule has 0 fully saturated rings. The van der Waals surface area contributed by atoms with Crippen molar-refractivity contribution < 1.29 is 19.4 Å². The summed E-state index contributed by atoms with van der Waals surface area (Å²) in [6.45, 7) is 3.05. The van der Waals surface area contributed by atoms with Crippen LogP contribution >= 0.6 is 0 Å². The van der Waals surface area contributed by atoms with Crippen LogP contribution in [0.3, 0.4) is 0 Å². The predicted molar refractivity (Wildman–Crippen MR) is 114 cm³/mol. The molecule has 0 saturated carbocycles. The number of nitrogens with two attached hydrogens (primary N) is 1. The topological polar surface area (TPSA) is 117 Å². The second kappa shape index (κ2) is 7.18. The molecule has 8 heteroatoms. The van der Waals surface area contributed by atoms with Crippen molar-refractivity contribution in [3.63, 3.8) is 0 Å². The fourth-order valence-electron chi connectivity index (χ4n) is 4.33. The number of nitrogens with zero attached hydrogens (tertiary/aromatic N) is 2. The second-order valence-electron chi connectivity index (χ2n) is 7.94. The fraction of sp³-hybridized carbons (Fsp3) is 0.348. The van der Waals surface area contributed by atoms with E-state index in [0.29, 0.717) is 42.2 Å². The van der Waals surface area contributed by atoms with Crippen molar-refractivity contribution in [2.75, 3.05) is 13.2 Å². The van der Waals surface area contributed by atoms with Gasteiger partial charge in [0.25, 0.3) is 5.56 Å². The van der Waals surface area contributed by atoms with E-state index in [1.54, 1.807) is 17.6 Å². The molecular formula is C23H23N3O5. The third kappa shape index (κ3) is 2.94. The fourth-order valence-corrected chi connectivity index (χ4v) is 4.33. The lowest BCUT2D eigenvalue weighted by atomic mass is 9.86. The maximum atomic E-state index is 13.2. The van der Waals surface area contributed by atoms with E-state index in [4.69, 9.17) is 20.2 Å². The number of cyclic esters (lactones) is 1. The van der Waals surface area contributed by atoms with Crippen LogP contribution in [0.25, 0.3) is 22.3 Å². The van der Waals surface area contributed by atoms with Gasteiger partial charge in [-0.3, -0.25) is 4.79 Å². The molecule has 3 N–H and O–H groups in total. The number of hydrogen-bond donors (Lipinski definition) is 2. The first-order chi connectivity index (χ1) is 15.0. The summed E-state index contributed by atoms with van der Waals surface area (Å²) in [6, 6.07) is 9.39. The van der Waals surface area contributed by atoms with Gasteiger partial charge in [0, 0.05) is 16.5 Å². The van der Waals surface area contributed by atoms with Gasteiger partial charge in [-0.25, -0.2) is 9.78 Å². The van der Waals surface area contributed by atoms with Crippen molar-refractivity contribution in [3.8, 4) is 17.1 Å². The van der Waals surface area contributed by atoms with E-state index in [9.17, 15) is 14.7 Å². The molecule has 0 aliphatic carbocycles. The summed E-state index contributed by atoms with van der Waals surface area (Å²) in [5, 5.41) is 11.8. The Bertz CT molecular complexity index is 1280. The van der Waals surface area contributed by atoms with Crippen LogP contribution < -0.4 is 16.0 Å². The van der Waals surface area contributed by atoms with Crippen molar-refractivity contribution in [2.45, 2.75) is 38.5 Å². The number of pyridine rings is 2. The standard InChI is InChI=1S/C23H23N3O5/c1-2-23(29)17-10-19-20-14(11-26(19)21(27)16(17)12-31-22(23)28)8-13-9-15(30-7-3-6-24)4-5-18(13)25-20/h4-5,8-10,29H,2-3,6-7,11-12,24H2,1H3/t23-/m0/s1. The summed E-state index contributed by atoms with van der Waals surface area (Å²) in [5.74, 6) is 0.0215. The Balaban J connectivity index is 1.62. The molecule has 1 aromatic carbocycles. The van der Waals surface area contributed by atoms with Gasteiger partial charge in [0.15, 0.2) is 5.60 Å². The molecule has 8 nitrogen and oxygen atoms in total. The van der Waals surface area contributed by atoms with Gasteiger partial charge in [0.1, 0.15) is 12.4 Å². The smallest absolute Gasteiger partial charge is 0.343 e. The molecule has 31 heavy (non-hydrogen) atoms. The van der Waals surface area contributed by atoms with Crippen LogP contribution in [0.2, 0.25) is 0 Å². The van der Waals surface area contributed by atoms with Crippen molar-refractivity contribution >= 4 is 16.9 Å². The van der Waals surface area contributed by atoms with Gasteiger partial charge in [-0.05, 0) is 49.7 Å². The highest BCUT2D eigenvalue weighted by molar-refractivity contribution is 5.87. The Morgan fingerprint density at radius 1 is 1.29 bits per heavy atom. The van der Waals surface area contributed by atoms with Crippen molar-refractivity contribution in [3.05, 3.63) is 57.4 Å². The number of fused-ring (bicyclic) bond motifs is 5. The number of aromatic nitrogens is 2. The quantitative estimate of drug-likeness (QED) is 0.373. The van der Waals surface area contributed by atoms with Crippen LogP contribution in [0.4, 0.5) is 0 Å². The molecule has 5 rings (SSSR count). The number of carbonyl (C=O) groups excluding carboxylic acids is 1. The summed E-state index contributed by atoms with van der Waals surface area (Å²) >= 11 is 0. The maximum Gasteiger partial charge on any atom is 0.343 e. The molecule has 2 aliphatic rings. The van der Waals surface area contributed by atoms with Crippen LogP contribution in [0.5, 0.6) is 5.75 Å². The van der Waals surface area contributed by atoms with Crippen molar-refractivity contribution in [1.82, 2.24) is 9.55 Å². The van der Waals surface area contributed by atoms with Gasteiger partial charge in [-0.1, -0.05) is 6.92 Å². The third-order valence-electron chi connectivity index (χ3n) is 6.10. The second-order valence-corrected chi connectivity index (χ2v) is 7.94. The summed E-state index contributed by atoms with van der Waals surface area (Å²) in [6.07, 6.45) is 0.895. The zero-order chi connectivity index (χ0) is 21.8.